The molecule has 2 rings (SSSR count). The Labute approximate surface area is 105 Å². The molecule has 18 heavy (non-hydrogen) atoms. The van der Waals surface area contributed by atoms with Gasteiger partial charge in [0.15, 0.2) is 11.5 Å². The number of carbonyl (C=O) groups is 1. The highest BCUT2D eigenvalue weighted by atomic mass is 16.5. The molecule has 0 spiro atoms. The minimum Gasteiger partial charge on any atom is -0.504 e. The number of hydrogen-bond donors (Lipinski definition) is 2. The lowest BCUT2D eigenvalue weighted by Crippen LogP contribution is -2.34. The molecule has 5 heteroatoms. The molecular formula is C13H15NO4. The van der Waals surface area contributed by atoms with Crippen molar-refractivity contribution in [2.24, 2.45) is 0 Å². The fraction of sp³-hybridized carbons (Fsp3) is 0.308. The molecule has 5 nitrogen and oxygen atoms in total. The molecule has 1 aliphatic heterocycles. The van der Waals surface area contributed by atoms with Gasteiger partial charge in [-0.05, 0) is 18.6 Å². The van der Waals surface area contributed by atoms with Gasteiger partial charge in [0, 0.05) is 24.4 Å². The lowest BCUT2D eigenvalue weighted by molar-refractivity contribution is -0.138. The summed E-state index contributed by atoms with van der Waals surface area (Å²) in [7, 11) is 1.46. The molecule has 0 fully saturated rings. The summed E-state index contributed by atoms with van der Waals surface area (Å²) in [5.74, 6) is -0.514. The van der Waals surface area contributed by atoms with Gasteiger partial charge >= 0.3 is 5.97 Å². The van der Waals surface area contributed by atoms with Gasteiger partial charge in [0.25, 0.3) is 0 Å². The number of phenols is 1. The van der Waals surface area contributed by atoms with Crippen molar-refractivity contribution in [1.29, 1.82) is 0 Å². The molecule has 0 saturated heterocycles. The number of carboxylic acids is 1. The Morgan fingerprint density at radius 1 is 1.56 bits per heavy atom. The molecule has 1 heterocycles. The molecular weight excluding hydrogens is 234 g/mol. The zero-order valence-electron chi connectivity index (χ0n) is 10.3. The fourth-order valence-corrected chi connectivity index (χ4v) is 2.19. The van der Waals surface area contributed by atoms with Crippen molar-refractivity contribution < 1.29 is 19.7 Å². The Morgan fingerprint density at radius 2 is 2.28 bits per heavy atom. The first-order valence-electron chi connectivity index (χ1n) is 5.62. The number of rotatable bonds is 3. The summed E-state index contributed by atoms with van der Waals surface area (Å²) in [6, 6.07) is 2.59. The monoisotopic (exact) mass is 249 g/mol. The first kappa shape index (κ1) is 12.3. The zero-order chi connectivity index (χ0) is 13.3. The maximum atomic E-state index is 11.2. The maximum absolute atomic E-state index is 11.2. The van der Waals surface area contributed by atoms with Gasteiger partial charge in [0.2, 0.25) is 0 Å². The van der Waals surface area contributed by atoms with Crippen molar-refractivity contribution in [3.8, 4) is 11.5 Å². The Bertz CT molecular complexity index is 510. The van der Waals surface area contributed by atoms with Crippen molar-refractivity contribution in [3.63, 3.8) is 0 Å². The van der Waals surface area contributed by atoms with Crippen molar-refractivity contribution in [3.05, 3.63) is 30.0 Å². The lowest BCUT2D eigenvalue weighted by Gasteiger charge is -2.20. The van der Waals surface area contributed by atoms with Gasteiger partial charge in [-0.3, -0.25) is 0 Å². The molecule has 0 aromatic heterocycles. The third-order valence-electron chi connectivity index (χ3n) is 3.00. The van der Waals surface area contributed by atoms with E-state index in [-0.39, 0.29) is 5.75 Å². The van der Waals surface area contributed by atoms with Crippen LogP contribution in [0.25, 0.3) is 0 Å². The number of nitrogens with zero attached hydrogens (tertiary/aromatic N) is 1. The number of allylic oxidation sites excluding steroid dienone is 1. The molecule has 2 N–H and O–H groups in total. The minimum absolute atomic E-state index is 0.0303. The van der Waals surface area contributed by atoms with Gasteiger partial charge in [0.1, 0.15) is 6.04 Å². The van der Waals surface area contributed by atoms with Crippen molar-refractivity contribution in [2.45, 2.75) is 19.4 Å². The highest BCUT2D eigenvalue weighted by molar-refractivity contribution is 5.84. The molecule has 0 aliphatic carbocycles. The van der Waals surface area contributed by atoms with Gasteiger partial charge in [-0.1, -0.05) is 6.08 Å². The number of aromatic hydroxyl groups is 1. The Balaban J connectivity index is 2.50. The summed E-state index contributed by atoms with van der Waals surface area (Å²) in [6.45, 7) is 1.83. The highest BCUT2D eigenvalue weighted by Crippen LogP contribution is 2.40. The number of phenolic OH excluding ortho intramolecular Hbond substituents is 1. The Kier molecular flexibility index (Phi) is 3.14. The molecule has 0 radical (unpaired) electrons. The van der Waals surface area contributed by atoms with E-state index in [9.17, 15) is 15.0 Å². The molecule has 1 aliphatic rings. The van der Waals surface area contributed by atoms with Gasteiger partial charge in [0.05, 0.1) is 7.11 Å². The number of aliphatic carboxylic acids is 1. The van der Waals surface area contributed by atoms with E-state index in [1.807, 2.05) is 6.92 Å². The first-order valence-corrected chi connectivity index (χ1v) is 5.62. The summed E-state index contributed by atoms with van der Waals surface area (Å²) in [4.78, 5) is 12.9. The summed E-state index contributed by atoms with van der Waals surface area (Å²) in [5, 5.41) is 18.9. The van der Waals surface area contributed by atoms with Crippen LogP contribution in [0.15, 0.2) is 24.4 Å². The summed E-state index contributed by atoms with van der Waals surface area (Å²) in [6.07, 6.45) is 3.87. The second kappa shape index (κ2) is 4.60. The number of methoxy groups -OCH3 is 1. The van der Waals surface area contributed by atoms with E-state index in [1.54, 1.807) is 29.3 Å². The fourth-order valence-electron chi connectivity index (χ4n) is 2.19. The van der Waals surface area contributed by atoms with E-state index in [0.29, 0.717) is 12.2 Å². The van der Waals surface area contributed by atoms with Gasteiger partial charge < -0.3 is 19.8 Å². The normalized spacial score (nSPS) is 18.1. The van der Waals surface area contributed by atoms with Crippen LogP contribution < -0.4 is 9.64 Å². The van der Waals surface area contributed by atoms with Crippen LogP contribution in [0.3, 0.4) is 0 Å². The summed E-state index contributed by atoms with van der Waals surface area (Å²) < 4.78 is 5.04. The summed E-state index contributed by atoms with van der Waals surface area (Å²) in [5.41, 5.74) is 1.56. The third-order valence-corrected chi connectivity index (χ3v) is 3.00. The lowest BCUT2D eigenvalue weighted by atomic mass is 10.1. The van der Waals surface area contributed by atoms with Crippen LogP contribution in [0.1, 0.15) is 12.5 Å². The number of ether oxygens (including phenoxy) is 1. The van der Waals surface area contributed by atoms with Crippen LogP contribution in [-0.2, 0) is 11.2 Å². The van der Waals surface area contributed by atoms with Crippen LogP contribution in [0.5, 0.6) is 11.5 Å². The molecule has 0 unspecified atom stereocenters. The number of fused-ring (bicyclic) bond motifs is 1. The third kappa shape index (κ3) is 1.88. The largest absolute Gasteiger partial charge is 0.504 e. The second-order valence-corrected chi connectivity index (χ2v) is 4.10. The molecule has 1 aromatic rings. The number of carboxylic acid groups (broad SMARTS) is 1. The van der Waals surface area contributed by atoms with Crippen molar-refractivity contribution in [2.75, 3.05) is 12.0 Å². The van der Waals surface area contributed by atoms with E-state index < -0.39 is 12.0 Å². The SMILES string of the molecule is C/C=C/N1c2cc(OC)c(O)cc2C[C@H]1C(=O)O. The Morgan fingerprint density at radius 3 is 2.83 bits per heavy atom. The smallest absolute Gasteiger partial charge is 0.327 e. The van der Waals surface area contributed by atoms with E-state index in [4.69, 9.17) is 4.74 Å². The van der Waals surface area contributed by atoms with Crippen molar-refractivity contribution >= 4 is 11.7 Å². The zero-order valence-corrected chi connectivity index (χ0v) is 10.3. The molecule has 1 atom stereocenters. The number of hydrogen-bond acceptors (Lipinski definition) is 4. The average molecular weight is 249 g/mol. The highest BCUT2D eigenvalue weighted by Gasteiger charge is 2.34. The standard InChI is InChI=1S/C13H15NO4/c1-3-4-14-9-7-12(18-2)11(15)6-8(9)5-10(14)13(16)17/h3-4,6-7,10,15H,5H2,1-2H3,(H,16,17)/b4-3+/t10-/m0/s1. The average Bonchev–Trinajstić information content (AvgIpc) is 2.67. The molecule has 0 bridgehead atoms. The van der Waals surface area contributed by atoms with Crippen LogP contribution in [0.2, 0.25) is 0 Å². The number of anilines is 1. The van der Waals surface area contributed by atoms with Crippen LogP contribution in [-0.4, -0.2) is 29.3 Å². The van der Waals surface area contributed by atoms with Gasteiger partial charge in [-0.25, -0.2) is 4.79 Å². The second-order valence-electron chi connectivity index (χ2n) is 4.10. The number of benzene rings is 1. The van der Waals surface area contributed by atoms with Crippen LogP contribution >= 0.6 is 0 Å². The van der Waals surface area contributed by atoms with Crippen LogP contribution in [0, 0.1) is 0 Å². The maximum Gasteiger partial charge on any atom is 0.327 e. The van der Waals surface area contributed by atoms with Crippen molar-refractivity contribution in [1.82, 2.24) is 0 Å². The van der Waals surface area contributed by atoms with E-state index >= 15 is 0 Å². The molecule has 0 amide bonds. The van der Waals surface area contributed by atoms with E-state index in [1.165, 1.54) is 7.11 Å². The molecule has 96 valence electrons. The topological polar surface area (TPSA) is 70.0 Å². The van der Waals surface area contributed by atoms with Crippen LogP contribution in [0.4, 0.5) is 5.69 Å². The van der Waals surface area contributed by atoms with E-state index in [2.05, 4.69) is 0 Å². The Hall–Kier alpha value is -2.17. The predicted molar refractivity (Wildman–Crippen MR) is 67.1 cm³/mol. The molecule has 1 aromatic carbocycles. The van der Waals surface area contributed by atoms with Gasteiger partial charge in [-0.2, -0.15) is 0 Å². The minimum atomic E-state index is -0.886. The molecule has 0 saturated carbocycles. The quantitative estimate of drug-likeness (QED) is 0.854. The first-order chi connectivity index (χ1) is 8.58. The van der Waals surface area contributed by atoms with E-state index in [0.717, 1.165) is 11.3 Å². The van der Waals surface area contributed by atoms with Gasteiger partial charge in [-0.15, -0.1) is 0 Å². The predicted octanol–water partition coefficient (Wildman–Crippen LogP) is 1.75. The summed E-state index contributed by atoms with van der Waals surface area (Å²) >= 11 is 0.